The minimum absolute atomic E-state index is 0.0117. The van der Waals surface area contributed by atoms with Crippen LogP contribution in [0.4, 0.5) is 11.5 Å². The van der Waals surface area contributed by atoms with Gasteiger partial charge in [-0.05, 0) is 73.3 Å². The number of carbonyl (C=O) groups excluding carboxylic acids is 2. The molecule has 2 heterocycles. The average Bonchev–Trinajstić information content (AvgIpc) is 2.87. The van der Waals surface area contributed by atoms with E-state index in [1.54, 1.807) is 48.7 Å². The number of hydrogen-bond donors (Lipinski definition) is 3. The summed E-state index contributed by atoms with van der Waals surface area (Å²) in [4.78, 5) is 34.9. The third kappa shape index (κ3) is 6.52. The van der Waals surface area contributed by atoms with Gasteiger partial charge in [-0.1, -0.05) is 11.6 Å². The summed E-state index contributed by atoms with van der Waals surface area (Å²) in [7, 11) is 0. The van der Waals surface area contributed by atoms with E-state index in [0.29, 0.717) is 21.5 Å². The molecule has 4 rings (SSSR count). The molecular weight excluding hydrogens is 502 g/mol. The van der Waals surface area contributed by atoms with Gasteiger partial charge in [0.25, 0.3) is 11.8 Å². The summed E-state index contributed by atoms with van der Waals surface area (Å²) in [5.74, 6) is -0.413. The first-order valence-corrected chi connectivity index (χ1v) is 13.3. The number of carbonyl (C=O) groups is 2. The summed E-state index contributed by atoms with van der Waals surface area (Å²) in [5.41, 5.74) is 6.49. The molecule has 1 fully saturated rings. The highest BCUT2D eigenvalue weighted by Gasteiger charge is 2.24. The van der Waals surface area contributed by atoms with E-state index in [2.05, 4.69) is 20.6 Å². The Morgan fingerprint density at radius 2 is 1.86 bits per heavy atom. The van der Waals surface area contributed by atoms with Crippen LogP contribution in [0.5, 0.6) is 5.75 Å². The van der Waals surface area contributed by atoms with Crippen molar-refractivity contribution in [2.45, 2.75) is 42.7 Å². The van der Waals surface area contributed by atoms with Gasteiger partial charge in [-0.15, -0.1) is 0 Å². The number of aromatic nitrogens is 2. The monoisotopic (exact) mass is 527 g/mol. The van der Waals surface area contributed by atoms with Crippen molar-refractivity contribution in [3.8, 4) is 5.75 Å². The van der Waals surface area contributed by atoms with Gasteiger partial charge in [0.1, 0.15) is 17.8 Å². The van der Waals surface area contributed by atoms with Crippen LogP contribution in [0.2, 0.25) is 5.02 Å². The van der Waals surface area contributed by atoms with Crippen LogP contribution in [0.25, 0.3) is 0 Å². The van der Waals surface area contributed by atoms with Gasteiger partial charge < -0.3 is 25.7 Å². The third-order valence-electron chi connectivity index (χ3n) is 5.78. The van der Waals surface area contributed by atoms with E-state index in [-0.39, 0.29) is 29.1 Å². The Morgan fingerprint density at radius 3 is 2.56 bits per heavy atom. The SMILES string of the molecule is C[S+]([O-])c1ccc(C(=O)Nc2cccnc2C(=O)Nc2ccc(Cl)cn2)c(O[C@H]2CC[C@@H](N)CC2)c1. The Balaban J connectivity index is 1.55. The minimum atomic E-state index is -1.25. The number of nitrogens with one attached hydrogen (secondary N) is 2. The second kappa shape index (κ2) is 11.7. The molecular formula is C25H26ClN5O4S. The van der Waals surface area contributed by atoms with Gasteiger partial charge >= 0.3 is 0 Å². The van der Waals surface area contributed by atoms with Crippen molar-refractivity contribution in [3.05, 3.63) is 71.1 Å². The van der Waals surface area contributed by atoms with Gasteiger partial charge in [-0.25, -0.2) is 9.97 Å². The van der Waals surface area contributed by atoms with Crippen LogP contribution in [-0.4, -0.2) is 44.7 Å². The summed E-state index contributed by atoms with van der Waals surface area (Å²) >= 11 is 4.60. The quantitative estimate of drug-likeness (QED) is 0.394. The Kier molecular flexibility index (Phi) is 8.42. The Labute approximate surface area is 217 Å². The van der Waals surface area contributed by atoms with Crippen LogP contribution in [0.1, 0.15) is 46.5 Å². The van der Waals surface area contributed by atoms with Gasteiger partial charge in [0.05, 0.1) is 22.4 Å². The van der Waals surface area contributed by atoms with Crippen molar-refractivity contribution in [1.29, 1.82) is 0 Å². The van der Waals surface area contributed by atoms with Crippen LogP contribution in [0, 0.1) is 0 Å². The minimum Gasteiger partial charge on any atom is -0.612 e. The highest BCUT2D eigenvalue weighted by atomic mass is 35.5. The maximum absolute atomic E-state index is 13.3. The van der Waals surface area contributed by atoms with E-state index in [1.165, 1.54) is 12.4 Å². The third-order valence-corrected chi connectivity index (χ3v) is 6.92. The molecule has 0 radical (unpaired) electrons. The molecule has 3 aromatic rings. The van der Waals surface area contributed by atoms with E-state index in [9.17, 15) is 14.1 Å². The smallest absolute Gasteiger partial charge is 0.277 e. The number of benzene rings is 1. The lowest BCUT2D eigenvalue weighted by molar-refractivity contribution is 0.101. The fourth-order valence-electron chi connectivity index (χ4n) is 3.85. The fraction of sp³-hybridized carbons (Fsp3) is 0.280. The van der Waals surface area contributed by atoms with E-state index in [1.807, 2.05) is 0 Å². The number of rotatable bonds is 7. The van der Waals surface area contributed by atoms with Crippen LogP contribution in [0.3, 0.4) is 0 Å². The zero-order chi connectivity index (χ0) is 25.7. The fourth-order valence-corrected chi connectivity index (χ4v) is 4.50. The highest BCUT2D eigenvalue weighted by molar-refractivity contribution is 7.90. The molecule has 1 atom stereocenters. The first-order chi connectivity index (χ1) is 17.3. The molecule has 36 heavy (non-hydrogen) atoms. The molecule has 1 aromatic carbocycles. The van der Waals surface area contributed by atoms with Gasteiger partial charge in [0.2, 0.25) is 0 Å². The predicted octanol–water partition coefficient (Wildman–Crippen LogP) is 4.02. The second-order valence-electron chi connectivity index (χ2n) is 8.44. The van der Waals surface area contributed by atoms with Crippen molar-refractivity contribution >= 4 is 46.1 Å². The molecule has 0 saturated heterocycles. The number of amides is 2. The number of nitrogens with zero attached hydrogens (tertiary/aromatic N) is 2. The van der Waals surface area contributed by atoms with Crippen LogP contribution >= 0.6 is 11.6 Å². The van der Waals surface area contributed by atoms with E-state index in [0.717, 1.165) is 25.7 Å². The van der Waals surface area contributed by atoms with Crippen molar-refractivity contribution in [2.24, 2.45) is 5.73 Å². The Morgan fingerprint density at radius 1 is 1.08 bits per heavy atom. The molecule has 4 N–H and O–H groups in total. The van der Waals surface area contributed by atoms with Crippen LogP contribution < -0.4 is 21.1 Å². The molecule has 9 nitrogen and oxygen atoms in total. The molecule has 0 spiro atoms. The van der Waals surface area contributed by atoms with Crippen molar-refractivity contribution in [1.82, 2.24) is 9.97 Å². The van der Waals surface area contributed by atoms with Crippen LogP contribution in [-0.2, 0) is 11.2 Å². The molecule has 11 heteroatoms. The van der Waals surface area contributed by atoms with E-state index in [4.69, 9.17) is 22.1 Å². The maximum Gasteiger partial charge on any atom is 0.277 e. The largest absolute Gasteiger partial charge is 0.612 e. The number of pyridine rings is 2. The van der Waals surface area contributed by atoms with E-state index < -0.39 is 23.0 Å². The van der Waals surface area contributed by atoms with Gasteiger partial charge in [-0.3, -0.25) is 9.59 Å². The molecule has 2 aromatic heterocycles. The maximum atomic E-state index is 13.3. The number of hydrogen-bond acceptors (Lipinski definition) is 7. The lowest BCUT2D eigenvalue weighted by Crippen LogP contribution is -2.32. The van der Waals surface area contributed by atoms with E-state index >= 15 is 0 Å². The van der Waals surface area contributed by atoms with Crippen LogP contribution in [0.15, 0.2) is 59.8 Å². The number of anilines is 2. The Hall–Kier alpha value is -3.18. The summed E-state index contributed by atoms with van der Waals surface area (Å²) in [6, 6.07) is 11.3. The zero-order valence-electron chi connectivity index (χ0n) is 19.6. The molecule has 0 bridgehead atoms. The standard InChI is InChI=1S/C25H26ClN5O4S/c1-36(34)18-9-10-19(21(13-18)35-17-7-5-16(27)6-8-17)24(32)30-20-3-2-12-28-23(20)25(33)31-22-11-4-15(26)14-29-22/h2-4,9-14,16-17H,5-8,27H2,1H3,(H,30,32)(H,29,31,33)/t16-,17+,36?. The predicted molar refractivity (Wildman–Crippen MR) is 139 cm³/mol. The molecule has 1 unspecified atom stereocenters. The summed E-state index contributed by atoms with van der Waals surface area (Å²) in [5, 5.41) is 5.83. The topological polar surface area (TPSA) is 142 Å². The van der Waals surface area contributed by atoms with Gasteiger partial charge in [0, 0.05) is 24.5 Å². The zero-order valence-corrected chi connectivity index (χ0v) is 21.1. The first-order valence-electron chi connectivity index (χ1n) is 11.4. The molecule has 1 saturated carbocycles. The van der Waals surface area contributed by atoms with Crippen molar-refractivity contribution < 1.29 is 18.9 Å². The molecule has 1 aliphatic rings. The lowest BCUT2D eigenvalue weighted by atomic mass is 9.93. The average molecular weight is 528 g/mol. The molecule has 1 aliphatic carbocycles. The highest BCUT2D eigenvalue weighted by Crippen LogP contribution is 2.29. The summed E-state index contributed by atoms with van der Waals surface area (Å²) in [6.45, 7) is 0. The summed E-state index contributed by atoms with van der Waals surface area (Å²) < 4.78 is 18.3. The molecule has 188 valence electrons. The van der Waals surface area contributed by atoms with Gasteiger partial charge in [0.15, 0.2) is 10.6 Å². The van der Waals surface area contributed by atoms with Crippen molar-refractivity contribution in [3.63, 3.8) is 0 Å². The number of halogens is 1. The summed E-state index contributed by atoms with van der Waals surface area (Å²) in [6.07, 6.45) is 7.54. The van der Waals surface area contributed by atoms with Crippen molar-refractivity contribution in [2.75, 3.05) is 16.9 Å². The number of ether oxygens (including phenoxy) is 1. The molecule has 2 amide bonds. The Bertz CT molecular complexity index is 1230. The normalized spacial score (nSPS) is 18.2. The number of nitrogens with two attached hydrogens (primary N) is 1. The lowest BCUT2D eigenvalue weighted by Gasteiger charge is -2.27. The van der Waals surface area contributed by atoms with Gasteiger partial charge in [-0.2, -0.15) is 0 Å². The first kappa shape index (κ1) is 25.9. The molecule has 0 aliphatic heterocycles. The second-order valence-corrected chi connectivity index (χ2v) is 10.3.